The number of nitrogens with one attached hydrogen (secondary N) is 1. The number of carbonyl (C=O) groups is 1. The second-order valence-corrected chi connectivity index (χ2v) is 2.39. The highest BCUT2D eigenvalue weighted by molar-refractivity contribution is 5.76. The average Bonchev–Trinajstić information content (AvgIpc) is 2.61. The highest BCUT2D eigenvalue weighted by Crippen LogP contribution is 2.07. The summed E-state index contributed by atoms with van der Waals surface area (Å²) in [6.07, 6.45) is 3.26. The van der Waals surface area contributed by atoms with Gasteiger partial charge in [0, 0.05) is 6.54 Å². The molecule has 0 spiro atoms. The fraction of sp³-hybridized carbons (Fsp3) is 0.429. The summed E-state index contributed by atoms with van der Waals surface area (Å²) in [6.45, 7) is 2.64. The molecule has 1 heterocycles. The van der Waals surface area contributed by atoms with Gasteiger partial charge in [-0.15, -0.1) is 0 Å². The van der Waals surface area contributed by atoms with Crippen molar-refractivity contribution in [2.45, 2.75) is 13.5 Å². The number of carbonyl (C=O) groups excluding carboxylic acids is 1. The van der Waals surface area contributed by atoms with Gasteiger partial charge in [-0.1, -0.05) is 0 Å². The molecule has 0 aromatic carbocycles. The SMILES string of the molecule is CCn1cc(OCC(=O)NN)cn1. The molecule has 13 heavy (non-hydrogen) atoms. The highest BCUT2D eigenvalue weighted by Gasteiger charge is 2.01. The van der Waals surface area contributed by atoms with E-state index >= 15 is 0 Å². The van der Waals surface area contributed by atoms with Crippen molar-refractivity contribution in [3.05, 3.63) is 12.4 Å². The van der Waals surface area contributed by atoms with Gasteiger partial charge in [-0.2, -0.15) is 5.10 Å². The molecule has 0 fully saturated rings. The van der Waals surface area contributed by atoms with E-state index in [9.17, 15) is 4.79 Å². The van der Waals surface area contributed by atoms with E-state index < -0.39 is 0 Å². The minimum absolute atomic E-state index is 0.0914. The quantitative estimate of drug-likeness (QED) is 0.367. The van der Waals surface area contributed by atoms with Gasteiger partial charge in [-0.3, -0.25) is 14.9 Å². The summed E-state index contributed by atoms with van der Waals surface area (Å²) in [7, 11) is 0. The Bertz CT molecular complexity index is 284. The van der Waals surface area contributed by atoms with E-state index in [1.807, 2.05) is 12.3 Å². The van der Waals surface area contributed by atoms with Crippen LogP contribution in [-0.4, -0.2) is 22.3 Å². The van der Waals surface area contributed by atoms with E-state index in [2.05, 4.69) is 5.10 Å². The maximum Gasteiger partial charge on any atom is 0.271 e. The molecule has 0 aliphatic heterocycles. The fourth-order valence-electron chi connectivity index (χ4n) is 0.783. The zero-order chi connectivity index (χ0) is 9.68. The van der Waals surface area contributed by atoms with Crippen molar-refractivity contribution in [2.75, 3.05) is 6.61 Å². The Hall–Kier alpha value is -1.56. The van der Waals surface area contributed by atoms with E-state index in [-0.39, 0.29) is 12.5 Å². The Labute approximate surface area is 75.6 Å². The van der Waals surface area contributed by atoms with Crippen molar-refractivity contribution in [1.82, 2.24) is 15.2 Å². The second-order valence-electron chi connectivity index (χ2n) is 2.39. The van der Waals surface area contributed by atoms with E-state index in [1.165, 1.54) is 0 Å². The van der Waals surface area contributed by atoms with Crippen LogP contribution < -0.4 is 16.0 Å². The largest absolute Gasteiger partial charge is 0.480 e. The molecule has 1 aromatic heterocycles. The Morgan fingerprint density at radius 1 is 1.85 bits per heavy atom. The molecule has 1 rings (SSSR count). The predicted octanol–water partition coefficient (Wildman–Crippen LogP) is -0.728. The molecule has 1 aromatic rings. The number of nitrogens with zero attached hydrogens (tertiary/aromatic N) is 2. The van der Waals surface area contributed by atoms with Gasteiger partial charge in [0.15, 0.2) is 12.4 Å². The number of amides is 1. The van der Waals surface area contributed by atoms with Crippen LogP contribution in [0.1, 0.15) is 6.92 Å². The van der Waals surface area contributed by atoms with Crippen LogP contribution in [0.25, 0.3) is 0 Å². The lowest BCUT2D eigenvalue weighted by Gasteiger charge is -2.00. The molecule has 0 atom stereocenters. The molecule has 0 saturated heterocycles. The Morgan fingerprint density at radius 3 is 3.15 bits per heavy atom. The zero-order valence-corrected chi connectivity index (χ0v) is 7.36. The van der Waals surface area contributed by atoms with Crippen LogP contribution in [0.2, 0.25) is 0 Å². The van der Waals surface area contributed by atoms with Gasteiger partial charge < -0.3 is 4.74 Å². The molecule has 6 nitrogen and oxygen atoms in total. The Morgan fingerprint density at radius 2 is 2.62 bits per heavy atom. The maximum atomic E-state index is 10.7. The van der Waals surface area contributed by atoms with Crippen molar-refractivity contribution in [3.8, 4) is 5.75 Å². The summed E-state index contributed by atoms with van der Waals surface area (Å²) in [5, 5.41) is 3.97. The van der Waals surface area contributed by atoms with E-state index in [0.29, 0.717) is 5.75 Å². The summed E-state index contributed by atoms with van der Waals surface area (Å²) in [5.41, 5.74) is 1.96. The molecule has 0 saturated carbocycles. The lowest BCUT2D eigenvalue weighted by atomic mass is 10.6. The molecule has 3 N–H and O–H groups in total. The molecular weight excluding hydrogens is 172 g/mol. The summed E-state index contributed by atoms with van der Waals surface area (Å²) in [4.78, 5) is 10.7. The Kier molecular flexibility index (Phi) is 3.27. The van der Waals surface area contributed by atoms with Gasteiger partial charge in [0.1, 0.15) is 0 Å². The monoisotopic (exact) mass is 184 g/mol. The van der Waals surface area contributed by atoms with Crippen molar-refractivity contribution in [2.24, 2.45) is 5.84 Å². The molecule has 0 unspecified atom stereocenters. The summed E-state index contributed by atoms with van der Waals surface area (Å²) in [5.74, 6) is 5.06. The minimum Gasteiger partial charge on any atom is -0.480 e. The van der Waals surface area contributed by atoms with Crippen LogP contribution in [0.5, 0.6) is 5.75 Å². The third-order valence-electron chi connectivity index (χ3n) is 1.46. The van der Waals surface area contributed by atoms with Crippen LogP contribution in [-0.2, 0) is 11.3 Å². The highest BCUT2D eigenvalue weighted by atomic mass is 16.5. The first-order valence-corrected chi connectivity index (χ1v) is 3.91. The molecule has 0 aliphatic carbocycles. The van der Waals surface area contributed by atoms with Gasteiger partial charge in [0.2, 0.25) is 0 Å². The lowest BCUT2D eigenvalue weighted by Crippen LogP contribution is -2.34. The third kappa shape index (κ3) is 2.75. The predicted molar refractivity (Wildman–Crippen MR) is 45.7 cm³/mol. The van der Waals surface area contributed by atoms with Crippen LogP contribution in [0.4, 0.5) is 0 Å². The first-order valence-electron chi connectivity index (χ1n) is 3.91. The first kappa shape index (κ1) is 9.53. The minimum atomic E-state index is -0.371. The smallest absolute Gasteiger partial charge is 0.271 e. The van der Waals surface area contributed by atoms with Crippen molar-refractivity contribution in [1.29, 1.82) is 0 Å². The van der Waals surface area contributed by atoms with Crippen molar-refractivity contribution >= 4 is 5.91 Å². The van der Waals surface area contributed by atoms with Crippen LogP contribution in [0, 0.1) is 0 Å². The van der Waals surface area contributed by atoms with E-state index in [0.717, 1.165) is 6.54 Å². The summed E-state index contributed by atoms with van der Waals surface area (Å²) in [6, 6.07) is 0. The van der Waals surface area contributed by atoms with E-state index in [1.54, 1.807) is 17.1 Å². The molecule has 6 heteroatoms. The standard InChI is InChI=1S/C7H12N4O2/c1-2-11-4-6(3-9-11)13-5-7(12)10-8/h3-4H,2,5,8H2,1H3,(H,10,12). The number of aromatic nitrogens is 2. The topological polar surface area (TPSA) is 82.2 Å². The third-order valence-corrected chi connectivity index (χ3v) is 1.46. The molecular formula is C7H12N4O2. The first-order chi connectivity index (χ1) is 6.26. The van der Waals surface area contributed by atoms with Gasteiger partial charge in [-0.25, -0.2) is 5.84 Å². The maximum absolute atomic E-state index is 10.7. The van der Waals surface area contributed by atoms with Gasteiger partial charge in [-0.05, 0) is 6.92 Å². The molecule has 0 radical (unpaired) electrons. The number of aryl methyl sites for hydroxylation is 1. The van der Waals surface area contributed by atoms with Gasteiger partial charge >= 0.3 is 0 Å². The lowest BCUT2D eigenvalue weighted by molar-refractivity contribution is -0.123. The summed E-state index contributed by atoms with van der Waals surface area (Å²) >= 11 is 0. The number of hydrogen-bond acceptors (Lipinski definition) is 4. The van der Waals surface area contributed by atoms with E-state index in [4.69, 9.17) is 10.6 Å². The molecule has 1 amide bonds. The van der Waals surface area contributed by atoms with Crippen molar-refractivity contribution < 1.29 is 9.53 Å². The average molecular weight is 184 g/mol. The number of rotatable bonds is 4. The summed E-state index contributed by atoms with van der Waals surface area (Å²) < 4.78 is 6.77. The fourth-order valence-corrected chi connectivity index (χ4v) is 0.783. The molecule has 72 valence electrons. The molecule has 0 bridgehead atoms. The van der Waals surface area contributed by atoms with Crippen LogP contribution in [0.3, 0.4) is 0 Å². The second kappa shape index (κ2) is 4.46. The zero-order valence-electron chi connectivity index (χ0n) is 7.36. The number of nitrogens with two attached hydrogens (primary N) is 1. The number of hydrazine groups is 1. The Balaban J connectivity index is 2.41. The van der Waals surface area contributed by atoms with Gasteiger partial charge in [0.05, 0.1) is 12.4 Å². The number of hydrogen-bond donors (Lipinski definition) is 2. The number of ether oxygens (including phenoxy) is 1. The van der Waals surface area contributed by atoms with Crippen LogP contribution in [0.15, 0.2) is 12.4 Å². The normalized spacial score (nSPS) is 9.69. The van der Waals surface area contributed by atoms with Crippen molar-refractivity contribution in [3.63, 3.8) is 0 Å². The molecule has 0 aliphatic rings. The van der Waals surface area contributed by atoms with Gasteiger partial charge in [0.25, 0.3) is 5.91 Å². The van der Waals surface area contributed by atoms with Crippen LogP contribution >= 0.6 is 0 Å².